The van der Waals surface area contributed by atoms with Crippen molar-refractivity contribution in [2.45, 2.75) is 57.4 Å². The Hall–Kier alpha value is -3.13. The lowest BCUT2D eigenvalue weighted by molar-refractivity contribution is 0.271. The molecule has 1 aromatic heterocycles. The molecule has 5 rings (SSSR count). The van der Waals surface area contributed by atoms with Crippen molar-refractivity contribution in [3.05, 3.63) is 59.7 Å². The van der Waals surface area contributed by atoms with Gasteiger partial charge in [-0.1, -0.05) is 38.1 Å². The van der Waals surface area contributed by atoms with Crippen molar-refractivity contribution in [3.63, 3.8) is 0 Å². The lowest BCUT2D eigenvalue weighted by Crippen LogP contribution is -2.29. The number of aryl methyl sites for hydroxylation is 1. The number of nitrogens with one attached hydrogen (secondary N) is 2. The van der Waals surface area contributed by atoms with Crippen LogP contribution in [0, 0.1) is 18.8 Å². The minimum absolute atomic E-state index is 0.00825. The van der Waals surface area contributed by atoms with Gasteiger partial charge in [-0.05, 0) is 73.8 Å². The number of benzene rings is 2. The second-order valence-electron chi connectivity index (χ2n) is 10.1. The fourth-order valence-electron chi connectivity index (χ4n) is 4.66. The van der Waals surface area contributed by atoms with Crippen molar-refractivity contribution >= 4 is 21.7 Å². The van der Waals surface area contributed by atoms with E-state index in [1.165, 1.54) is 18.4 Å². The van der Waals surface area contributed by atoms with Gasteiger partial charge < -0.3 is 10.1 Å². The summed E-state index contributed by atoms with van der Waals surface area (Å²) < 4.78 is 35.2. The van der Waals surface area contributed by atoms with Crippen LogP contribution in [0.1, 0.15) is 44.2 Å². The third kappa shape index (κ3) is 5.59. The maximum Gasteiger partial charge on any atom is 0.264 e. The van der Waals surface area contributed by atoms with Gasteiger partial charge in [0.05, 0.1) is 16.6 Å². The highest BCUT2D eigenvalue weighted by Gasteiger charge is 2.25. The number of hydrogen-bond donors (Lipinski definition) is 2. The van der Waals surface area contributed by atoms with Gasteiger partial charge >= 0.3 is 0 Å². The minimum atomic E-state index is -3.89. The SMILES string of the molecule is Cc1cccc(CC2CC2)c1-c1cc2nc(n1)NS(=O)(=O)c1cccc(c1)N[C@H](CC(C)C)CO2. The smallest absolute Gasteiger partial charge is 0.264 e. The zero-order chi connectivity index (χ0) is 24.6. The van der Waals surface area contributed by atoms with Gasteiger partial charge in [0.25, 0.3) is 10.0 Å². The van der Waals surface area contributed by atoms with Crippen LogP contribution in [0.5, 0.6) is 5.88 Å². The molecule has 1 aliphatic carbocycles. The van der Waals surface area contributed by atoms with Gasteiger partial charge in [0.15, 0.2) is 0 Å². The average Bonchev–Trinajstić information content (AvgIpc) is 3.60. The molecule has 7 nitrogen and oxygen atoms in total. The predicted molar refractivity (Wildman–Crippen MR) is 138 cm³/mol. The summed E-state index contributed by atoms with van der Waals surface area (Å²) in [7, 11) is -3.89. The molecule has 35 heavy (non-hydrogen) atoms. The Morgan fingerprint density at radius 3 is 2.66 bits per heavy atom. The molecule has 0 radical (unpaired) electrons. The van der Waals surface area contributed by atoms with Crippen LogP contribution in [-0.2, 0) is 16.4 Å². The lowest BCUT2D eigenvalue weighted by atomic mass is 9.95. The summed E-state index contributed by atoms with van der Waals surface area (Å²) in [5.41, 5.74) is 4.74. The topological polar surface area (TPSA) is 93.2 Å². The maximum absolute atomic E-state index is 13.2. The van der Waals surface area contributed by atoms with Crippen LogP contribution in [0.15, 0.2) is 53.4 Å². The van der Waals surface area contributed by atoms with Crippen LogP contribution in [0.3, 0.4) is 0 Å². The third-order valence-electron chi connectivity index (χ3n) is 6.45. The molecular weight excluding hydrogens is 460 g/mol. The van der Waals surface area contributed by atoms with Crippen LogP contribution in [0.25, 0.3) is 11.3 Å². The zero-order valence-electron chi connectivity index (χ0n) is 20.4. The van der Waals surface area contributed by atoms with Crippen LogP contribution in [-0.4, -0.2) is 31.0 Å². The van der Waals surface area contributed by atoms with Gasteiger partial charge in [0, 0.05) is 17.3 Å². The van der Waals surface area contributed by atoms with Gasteiger partial charge in [-0.25, -0.2) is 18.1 Å². The highest BCUT2D eigenvalue weighted by Crippen LogP contribution is 2.37. The van der Waals surface area contributed by atoms with Gasteiger partial charge in [-0.2, -0.15) is 4.98 Å². The van der Waals surface area contributed by atoms with E-state index in [9.17, 15) is 8.42 Å². The molecular formula is C27H32N4O3S. The minimum Gasteiger partial charge on any atom is -0.475 e. The average molecular weight is 493 g/mol. The summed E-state index contributed by atoms with van der Waals surface area (Å²) in [4.78, 5) is 9.24. The van der Waals surface area contributed by atoms with Crippen molar-refractivity contribution in [2.75, 3.05) is 16.6 Å². The number of fused-ring (bicyclic) bond motifs is 4. The fourth-order valence-corrected chi connectivity index (χ4v) is 5.65. The molecule has 3 aromatic rings. The molecule has 0 saturated heterocycles. The molecule has 2 aromatic carbocycles. The summed E-state index contributed by atoms with van der Waals surface area (Å²) in [5.74, 6) is 1.51. The quantitative estimate of drug-likeness (QED) is 0.494. The molecule has 1 atom stereocenters. The Bertz CT molecular complexity index is 1340. The Morgan fingerprint density at radius 1 is 1.09 bits per heavy atom. The Kier molecular flexibility index (Phi) is 6.40. The first-order chi connectivity index (χ1) is 16.8. The van der Waals surface area contributed by atoms with Crippen LogP contribution >= 0.6 is 0 Å². The molecule has 1 aliphatic heterocycles. The maximum atomic E-state index is 13.2. The molecule has 1 saturated carbocycles. The molecule has 2 heterocycles. The molecule has 0 spiro atoms. The molecule has 0 amide bonds. The third-order valence-corrected chi connectivity index (χ3v) is 7.78. The number of ether oxygens (including phenoxy) is 1. The van der Waals surface area contributed by atoms with Crippen molar-refractivity contribution in [2.24, 2.45) is 11.8 Å². The summed E-state index contributed by atoms with van der Waals surface area (Å²) >= 11 is 0. The van der Waals surface area contributed by atoms with E-state index in [1.54, 1.807) is 18.2 Å². The van der Waals surface area contributed by atoms with Gasteiger partial charge in [0.1, 0.15) is 6.61 Å². The second-order valence-corrected chi connectivity index (χ2v) is 11.8. The Balaban J connectivity index is 1.60. The van der Waals surface area contributed by atoms with E-state index in [0.29, 0.717) is 30.0 Å². The summed E-state index contributed by atoms with van der Waals surface area (Å²) in [6, 6.07) is 14.9. The Labute approximate surface area is 207 Å². The molecule has 0 unspecified atom stereocenters. The highest BCUT2D eigenvalue weighted by molar-refractivity contribution is 7.92. The summed E-state index contributed by atoms with van der Waals surface area (Å²) in [6.45, 7) is 6.77. The monoisotopic (exact) mass is 492 g/mol. The summed E-state index contributed by atoms with van der Waals surface area (Å²) in [5, 5.41) is 3.45. The predicted octanol–water partition coefficient (Wildman–Crippen LogP) is 5.42. The first kappa shape index (κ1) is 23.6. The highest BCUT2D eigenvalue weighted by atomic mass is 32.2. The van der Waals surface area contributed by atoms with E-state index in [-0.39, 0.29) is 16.9 Å². The van der Waals surface area contributed by atoms with Gasteiger partial charge in [-0.15, -0.1) is 0 Å². The van der Waals surface area contributed by atoms with E-state index in [1.807, 2.05) is 12.1 Å². The van der Waals surface area contributed by atoms with E-state index in [4.69, 9.17) is 4.74 Å². The Morgan fingerprint density at radius 2 is 1.89 bits per heavy atom. The number of sulfonamides is 1. The molecule has 184 valence electrons. The first-order valence-electron chi connectivity index (χ1n) is 12.3. The number of rotatable bonds is 5. The van der Waals surface area contributed by atoms with Crippen molar-refractivity contribution in [1.82, 2.24) is 9.97 Å². The van der Waals surface area contributed by atoms with Crippen molar-refractivity contribution in [3.8, 4) is 17.1 Å². The summed E-state index contributed by atoms with van der Waals surface area (Å²) in [6.07, 6.45) is 4.36. The first-order valence-corrected chi connectivity index (χ1v) is 13.8. The molecule has 1 fully saturated rings. The molecule has 8 heteroatoms. The van der Waals surface area contributed by atoms with Crippen LogP contribution in [0.4, 0.5) is 11.6 Å². The molecule has 4 bridgehead atoms. The molecule has 2 aliphatic rings. The standard InChI is InChI=1S/C27H32N4O3S/c1-17(2)12-22-16-34-25-15-24(26-18(3)6-4-7-20(26)13-19-10-11-19)29-27(30-25)31-35(32,33)23-9-5-8-21(14-23)28-22/h4-9,14-15,17,19,22,28H,10-13,16H2,1-3H3,(H,29,30,31)/t22-/m1/s1. The van der Waals surface area contributed by atoms with E-state index in [0.717, 1.165) is 29.7 Å². The number of nitrogens with zero attached hydrogens (tertiary/aromatic N) is 2. The second kappa shape index (κ2) is 9.49. The van der Waals surface area contributed by atoms with Crippen LogP contribution < -0.4 is 14.8 Å². The van der Waals surface area contributed by atoms with Gasteiger partial charge in [0.2, 0.25) is 11.8 Å². The fraction of sp³-hybridized carbons (Fsp3) is 0.407. The van der Waals surface area contributed by atoms with Crippen molar-refractivity contribution in [1.29, 1.82) is 0 Å². The van der Waals surface area contributed by atoms with E-state index >= 15 is 0 Å². The lowest BCUT2D eigenvalue weighted by Gasteiger charge is -2.23. The number of hydrogen-bond acceptors (Lipinski definition) is 6. The number of anilines is 2. The zero-order valence-corrected chi connectivity index (χ0v) is 21.2. The van der Waals surface area contributed by atoms with E-state index < -0.39 is 10.0 Å². The van der Waals surface area contributed by atoms with Crippen molar-refractivity contribution < 1.29 is 13.2 Å². The van der Waals surface area contributed by atoms with Crippen LogP contribution in [0.2, 0.25) is 0 Å². The molecule has 2 N–H and O–H groups in total. The van der Waals surface area contributed by atoms with Gasteiger partial charge in [-0.3, -0.25) is 0 Å². The number of aromatic nitrogens is 2. The van der Waals surface area contributed by atoms with E-state index in [2.05, 4.69) is 59.0 Å². The largest absolute Gasteiger partial charge is 0.475 e. The normalized spacial score (nSPS) is 19.0.